The number of esters is 1. The molecule has 0 atom stereocenters. The van der Waals surface area contributed by atoms with Gasteiger partial charge in [0.25, 0.3) is 0 Å². The molecule has 0 aliphatic heterocycles. The number of aromatic nitrogens is 1. The molecule has 0 saturated heterocycles. The van der Waals surface area contributed by atoms with Gasteiger partial charge in [0.2, 0.25) is 5.91 Å². The van der Waals surface area contributed by atoms with Crippen molar-refractivity contribution in [2.75, 3.05) is 39.5 Å². The second kappa shape index (κ2) is 13.2. The highest BCUT2D eigenvalue weighted by Gasteiger charge is 2.23. The molecule has 1 heterocycles. The van der Waals surface area contributed by atoms with Crippen LogP contribution in [0.15, 0.2) is 23.6 Å². The van der Waals surface area contributed by atoms with Gasteiger partial charge in [0.1, 0.15) is 17.3 Å². The lowest BCUT2D eigenvalue weighted by Crippen LogP contribution is -2.33. The van der Waals surface area contributed by atoms with Gasteiger partial charge in [-0.25, -0.2) is 4.98 Å². The summed E-state index contributed by atoms with van der Waals surface area (Å²) in [5.41, 5.74) is 6.88. The van der Waals surface area contributed by atoms with Crippen molar-refractivity contribution in [3.8, 4) is 16.3 Å². The molecule has 0 saturated carbocycles. The Kier molecular flexibility index (Phi) is 11.0. The largest absolute Gasteiger partial charge is 0.493 e. The first-order valence-electron chi connectivity index (χ1n) is 11.5. The van der Waals surface area contributed by atoms with Gasteiger partial charge in [0.15, 0.2) is 0 Å². The summed E-state index contributed by atoms with van der Waals surface area (Å²) in [7, 11) is 0. The van der Waals surface area contributed by atoms with Crippen LogP contribution in [0, 0.1) is 10.8 Å². The zero-order valence-electron chi connectivity index (χ0n) is 21.1. The van der Waals surface area contributed by atoms with E-state index in [9.17, 15) is 9.59 Å². The summed E-state index contributed by atoms with van der Waals surface area (Å²) >= 11 is 7.91. The SMILES string of the molecule is CCOC(=O)CNC(=O)Cc1csc(-c2ccc(OCC(C)(C)COCC(C)(C)CN)cc2Cl)n1. The number of nitrogens with two attached hydrogens (primary N) is 1. The number of hydrogen-bond donors (Lipinski definition) is 2. The van der Waals surface area contributed by atoms with E-state index in [1.807, 2.05) is 12.1 Å². The van der Waals surface area contributed by atoms with Gasteiger partial charge in [-0.05, 0) is 31.7 Å². The Hall–Kier alpha value is -2.20. The van der Waals surface area contributed by atoms with Gasteiger partial charge < -0.3 is 25.3 Å². The quantitative estimate of drug-likeness (QED) is 0.357. The fourth-order valence-electron chi connectivity index (χ4n) is 2.86. The number of thiazole rings is 1. The number of halogens is 1. The smallest absolute Gasteiger partial charge is 0.325 e. The number of benzene rings is 1. The van der Waals surface area contributed by atoms with Crippen LogP contribution in [0.25, 0.3) is 10.6 Å². The highest BCUT2D eigenvalue weighted by molar-refractivity contribution is 7.13. The van der Waals surface area contributed by atoms with Crippen LogP contribution in [0.1, 0.15) is 40.3 Å². The number of nitrogens with zero attached hydrogens (tertiary/aromatic N) is 1. The summed E-state index contributed by atoms with van der Waals surface area (Å²) in [6.45, 7) is 12.3. The molecular formula is C25H36ClN3O5S. The van der Waals surface area contributed by atoms with E-state index >= 15 is 0 Å². The van der Waals surface area contributed by atoms with Crippen LogP contribution in [0.3, 0.4) is 0 Å². The van der Waals surface area contributed by atoms with Gasteiger partial charge in [-0.3, -0.25) is 9.59 Å². The monoisotopic (exact) mass is 525 g/mol. The Bertz CT molecular complexity index is 993. The fourth-order valence-corrected chi connectivity index (χ4v) is 4.04. The highest BCUT2D eigenvalue weighted by atomic mass is 35.5. The van der Waals surface area contributed by atoms with Gasteiger partial charge in [0.05, 0.1) is 43.6 Å². The maximum absolute atomic E-state index is 12.1. The van der Waals surface area contributed by atoms with E-state index in [1.165, 1.54) is 11.3 Å². The van der Waals surface area contributed by atoms with E-state index in [0.29, 0.717) is 47.8 Å². The minimum absolute atomic E-state index is 0.0531. The zero-order valence-corrected chi connectivity index (χ0v) is 22.7. The molecule has 2 aromatic rings. The lowest BCUT2D eigenvalue weighted by molar-refractivity contribution is -0.143. The third-order valence-corrected chi connectivity index (χ3v) is 6.20. The van der Waals surface area contributed by atoms with E-state index in [2.05, 4.69) is 38.0 Å². The minimum Gasteiger partial charge on any atom is -0.493 e. The van der Waals surface area contributed by atoms with E-state index in [-0.39, 0.29) is 36.3 Å². The van der Waals surface area contributed by atoms with Gasteiger partial charge in [0, 0.05) is 21.8 Å². The summed E-state index contributed by atoms with van der Waals surface area (Å²) in [6, 6.07) is 5.47. The number of carbonyl (C=O) groups is 2. The van der Waals surface area contributed by atoms with E-state index < -0.39 is 5.97 Å². The number of hydrogen-bond acceptors (Lipinski definition) is 8. The van der Waals surface area contributed by atoms with Gasteiger partial charge in [-0.15, -0.1) is 11.3 Å². The third kappa shape index (κ3) is 10.1. The van der Waals surface area contributed by atoms with Crippen LogP contribution >= 0.6 is 22.9 Å². The first-order chi connectivity index (χ1) is 16.4. The van der Waals surface area contributed by atoms with Crippen LogP contribution in [-0.2, 0) is 25.5 Å². The molecule has 2 rings (SSSR count). The molecule has 8 nitrogen and oxygen atoms in total. The second-order valence-electron chi connectivity index (χ2n) is 9.86. The Morgan fingerprint density at radius 2 is 1.86 bits per heavy atom. The minimum atomic E-state index is -0.472. The highest BCUT2D eigenvalue weighted by Crippen LogP contribution is 2.34. The lowest BCUT2D eigenvalue weighted by Gasteiger charge is -2.28. The molecule has 0 radical (unpaired) electrons. The molecule has 0 spiro atoms. The van der Waals surface area contributed by atoms with Crippen molar-refractivity contribution < 1.29 is 23.8 Å². The lowest BCUT2D eigenvalue weighted by atomic mass is 9.94. The standard InChI is InChI=1S/C25H36ClN3O5S/c1-6-33-22(31)11-28-21(30)9-17-12-35-23(29-17)19-8-7-18(10-20(19)26)34-16-25(4,5)15-32-14-24(2,3)13-27/h7-8,10,12H,6,9,11,13-16,27H2,1-5H3,(H,28,30). The van der Waals surface area contributed by atoms with Crippen LogP contribution in [0.4, 0.5) is 0 Å². The normalized spacial score (nSPS) is 11.9. The summed E-state index contributed by atoms with van der Waals surface area (Å²) < 4.78 is 16.6. The molecule has 35 heavy (non-hydrogen) atoms. The molecule has 0 aliphatic rings. The van der Waals surface area contributed by atoms with Crippen molar-refractivity contribution >= 4 is 34.8 Å². The molecule has 0 fully saturated rings. The average molecular weight is 526 g/mol. The van der Waals surface area contributed by atoms with E-state index in [0.717, 1.165) is 5.56 Å². The molecule has 0 aliphatic carbocycles. The first-order valence-corrected chi connectivity index (χ1v) is 12.8. The van der Waals surface area contributed by atoms with Crippen molar-refractivity contribution in [1.82, 2.24) is 10.3 Å². The van der Waals surface area contributed by atoms with Crippen molar-refractivity contribution in [1.29, 1.82) is 0 Å². The predicted octanol–water partition coefficient (Wildman–Crippen LogP) is 4.09. The Morgan fingerprint density at radius 1 is 1.14 bits per heavy atom. The van der Waals surface area contributed by atoms with Crippen molar-refractivity contribution in [3.05, 3.63) is 34.3 Å². The summed E-state index contributed by atoms with van der Waals surface area (Å²) in [5.74, 6) is -0.118. The molecule has 0 unspecified atom stereocenters. The third-order valence-electron chi connectivity index (χ3n) is 4.97. The van der Waals surface area contributed by atoms with Crippen molar-refractivity contribution in [2.45, 2.75) is 41.0 Å². The molecule has 3 N–H and O–H groups in total. The summed E-state index contributed by atoms with van der Waals surface area (Å²) in [6.07, 6.45) is 0.0638. The summed E-state index contributed by atoms with van der Waals surface area (Å²) in [5, 5.41) is 5.53. The number of rotatable bonds is 14. The zero-order chi connectivity index (χ0) is 26.1. The molecule has 1 aromatic heterocycles. The fraction of sp³-hybridized carbons (Fsp3) is 0.560. The number of carbonyl (C=O) groups excluding carboxylic acids is 2. The Labute approximate surface area is 216 Å². The maximum atomic E-state index is 12.1. The van der Waals surface area contributed by atoms with Gasteiger partial charge in [-0.1, -0.05) is 39.3 Å². The van der Waals surface area contributed by atoms with Gasteiger partial charge in [-0.2, -0.15) is 0 Å². The van der Waals surface area contributed by atoms with Crippen molar-refractivity contribution in [2.24, 2.45) is 16.6 Å². The van der Waals surface area contributed by atoms with E-state index in [1.54, 1.807) is 18.4 Å². The molecule has 1 amide bonds. The molecule has 10 heteroatoms. The number of nitrogens with one attached hydrogen (secondary N) is 1. The number of ether oxygens (including phenoxy) is 3. The van der Waals surface area contributed by atoms with Crippen LogP contribution in [0.5, 0.6) is 5.75 Å². The Morgan fingerprint density at radius 3 is 2.51 bits per heavy atom. The first kappa shape index (κ1) is 29.0. The van der Waals surface area contributed by atoms with Crippen LogP contribution in [-0.4, -0.2) is 56.4 Å². The molecule has 0 bridgehead atoms. The van der Waals surface area contributed by atoms with Crippen molar-refractivity contribution in [3.63, 3.8) is 0 Å². The van der Waals surface area contributed by atoms with Crippen LogP contribution in [0.2, 0.25) is 5.02 Å². The predicted molar refractivity (Wildman–Crippen MR) is 139 cm³/mol. The second-order valence-corrected chi connectivity index (χ2v) is 11.1. The van der Waals surface area contributed by atoms with Gasteiger partial charge >= 0.3 is 5.97 Å². The maximum Gasteiger partial charge on any atom is 0.325 e. The van der Waals surface area contributed by atoms with Crippen LogP contribution < -0.4 is 15.8 Å². The molecular weight excluding hydrogens is 490 g/mol. The topological polar surface area (TPSA) is 113 Å². The Balaban J connectivity index is 1.90. The summed E-state index contributed by atoms with van der Waals surface area (Å²) in [4.78, 5) is 27.9. The number of amides is 1. The average Bonchev–Trinajstić information content (AvgIpc) is 3.24. The van der Waals surface area contributed by atoms with E-state index in [4.69, 9.17) is 31.5 Å². The molecule has 194 valence electrons. The molecule has 1 aromatic carbocycles.